The van der Waals surface area contributed by atoms with Crippen LogP contribution in [0.2, 0.25) is 5.02 Å². The molecule has 0 bridgehead atoms. The number of hydrogen-bond donors (Lipinski definition) is 3. The van der Waals surface area contributed by atoms with Gasteiger partial charge in [0.05, 0.1) is 0 Å². The van der Waals surface area contributed by atoms with Crippen molar-refractivity contribution in [1.82, 2.24) is 9.97 Å². The highest BCUT2D eigenvalue weighted by atomic mass is 35.5. The maximum absolute atomic E-state index is 14.0. The minimum absolute atomic E-state index is 0.0656. The number of nitrogens with two attached hydrogens (primary N) is 1. The van der Waals surface area contributed by atoms with Gasteiger partial charge in [0.15, 0.2) is 0 Å². The number of benzene rings is 3. The van der Waals surface area contributed by atoms with Crippen molar-refractivity contribution in [1.29, 1.82) is 0 Å². The van der Waals surface area contributed by atoms with Gasteiger partial charge in [0.25, 0.3) is 11.5 Å². The van der Waals surface area contributed by atoms with Crippen molar-refractivity contribution in [3.63, 3.8) is 0 Å². The van der Waals surface area contributed by atoms with Gasteiger partial charge >= 0.3 is 0 Å². The molecule has 1 aromatic heterocycles. The van der Waals surface area contributed by atoms with Gasteiger partial charge in [-0.25, -0.2) is 4.98 Å². The summed E-state index contributed by atoms with van der Waals surface area (Å²) < 4.78 is 0. The van der Waals surface area contributed by atoms with Gasteiger partial charge in [-0.15, -0.1) is 0 Å². The number of anilines is 2. The molecule has 8 nitrogen and oxygen atoms in total. The predicted molar refractivity (Wildman–Crippen MR) is 179 cm³/mol. The molecular formula is C35H39ClN6O2. The van der Waals surface area contributed by atoms with E-state index in [-0.39, 0.29) is 23.4 Å². The quantitative estimate of drug-likeness (QED) is 0.151. The molecule has 4 N–H and O–H groups in total. The Bertz CT molecular complexity index is 1750. The molecule has 2 heterocycles. The summed E-state index contributed by atoms with van der Waals surface area (Å²) in [5, 5.41) is 3.83. The Balaban J connectivity index is 1.55. The van der Waals surface area contributed by atoms with E-state index < -0.39 is 11.0 Å². The monoisotopic (exact) mass is 610 g/mol. The molecule has 5 rings (SSSR count). The zero-order valence-electron chi connectivity index (χ0n) is 25.8. The molecule has 0 spiro atoms. The number of H-pyrrole nitrogens is 1. The normalized spacial score (nSPS) is 17.8. The molecule has 0 fully saturated rings. The SMILES string of the molecule is CC(C)CCc1cc(=O)[nH]c(N=C(N)Nc2ccc3c(c2)C(C)(c2ccc(Cl)cc2)CC(C)(C)N3C(=O)c2ccccc2)n1. The smallest absolute Gasteiger partial charge is 0.258 e. The van der Waals surface area contributed by atoms with E-state index in [0.717, 1.165) is 23.2 Å². The first-order valence-corrected chi connectivity index (χ1v) is 15.3. The summed E-state index contributed by atoms with van der Waals surface area (Å²) >= 11 is 6.27. The molecule has 1 unspecified atom stereocenters. The maximum Gasteiger partial charge on any atom is 0.258 e. The van der Waals surface area contributed by atoms with Crippen LogP contribution in [0.4, 0.5) is 17.3 Å². The second-order valence-electron chi connectivity index (χ2n) is 12.7. The fourth-order valence-electron chi connectivity index (χ4n) is 6.19. The van der Waals surface area contributed by atoms with E-state index in [0.29, 0.717) is 40.7 Å². The van der Waals surface area contributed by atoms with E-state index in [9.17, 15) is 9.59 Å². The van der Waals surface area contributed by atoms with Gasteiger partial charge < -0.3 is 16.0 Å². The number of amides is 1. The Morgan fingerprint density at radius 2 is 1.77 bits per heavy atom. The number of aryl methyl sites for hydroxylation is 1. The molecule has 44 heavy (non-hydrogen) atoms. The lowest BCUT2D eigenvalue weighted by Gasteiger charge is -2.51. The van der Waals surface area contributed by atoms with E-state index in [1.54, 1.807) is 0 Å². The highest BCUT2D eigenvalue weighted by Gasteiger charge is 2.48. The van der Waals surface area contributed by atoms with Crippen LogP contribution >= 0.6 is 11.6 Å². The van der Waals surface area contributed by atoms with Gasteiger partial charge in [-0.2, -0.15) is 4.99 Å². The summed E-state index contributed by atoms with van der Waals surface area (Å²) in [6, 6.07) is 24.6. The molecule has 9 heteroatoms. The molecule has 1 atom stereocenters. The lowest BCUT2D eigenvalue weighted by Crippen LogP contribution is -2.55. The molecule has 1 aliphatic heterocycles. The van der Waals surface area contributed by atoms with Gasteiger partial charge in [-0.1, -0.05) is 62.7 Å². The van der Waals surface area contributed by atoms with Crippen LogP contribution in [0.15, 0.2) is 88.6 Å². The van der Waals surface area contributed by atoms with Gasteiger partial charge in [0.2, 0.25) is 11.9 Å². The fourth-order valence-corrected chi connectivity index (χ4v) is 6.31. The van der Waals surface area contributed by atoms with Crippen molar-refractivity contribution in [3.8, 4) is 0 Å². The molecule has 0 saturated carbocycles. The number of aliphatic imine (C=N–C) groups is 1. The third-order valence-corrected chi connectivity index (χ3v) is 8.44. The number of nitrogens with zero attached hydrogens (tertiary/aromatic N) is 3. The molecule has 0 radical (unpaired) electrons. The summed E-state index contributed by atoms with van der Waals surface area (Å²) in [5.41, 5.74) is 9.93. The predicted octanol–water partition coefficient (Wildman–Crippen LogP) is 7.21. The number of carbonyl (C=O) groups excluding carboxylic acids is 1. The molecule has 0 saturated heterocycles. The van der Waals surface area contributed by atoms with Crippen LogP contribution in [0.3, 0.4) is 0 Å². The van der Waals surface area contributed by atoms with Crippen molar-refractivity contribution in [2.24, 2.45) is 16.6 Å². The number of fused-ring (bicyclic) bond motifs is 1. The van der Waals surface area contributed by atoms with E-state index in [2.05, 4.69) is 54.9 Å². The summed E-state index contributed by atoms with van der Waals surface area (Å²) in [6.45, 7) is 10.7. The van der Waals surface area contributed by atoms with Crippen LogP contribution in [0.25, 0.3) is 0 Å². The van der Waals surface area contributed by atoms with Crippen LogP contribution in [0.1, 0.15) is 74.6 Å². The minimum Gasteiger partial charge on any atom is -0.369 e. The highest BCUT2D eigenvalue weighted by molar-refractivity contribution is 6.30. The van der Waals surface area contributed by atoms with Crippen LogP contribution in [0, 0.1) is 5.92 Å². The van der Waals surface area contributed by atoms with E-state index in [4.69, 9.17) is 17.3 Å². The van der Waals surface area contributed by atoms with Gasteiger partial charge in [-0.05, 0) is 92.6 Å². The standard InChI is InChI=1S/C35H39ClN6O2/c1-22(2)11-16-27-20-30(43)40-33(39-27)41-32(37)38-26-17-18-29-28(19-26)35(5,24-12-14-25(36)15-13-24)21-34(3,4)42(29)31(44)23-9-7-6-8-10-23/h6-10,12-15,17-20,22H,11,16,21H2,1-5H3,(H4,37,38,39,40,41,43). The minimum atomic E-state index is -0.512. The van der Waals surface area contributed by atoms with Crippen LogP contribution < -0.4 is 21.5 Å². The lowest BCUT2D eigenvalue weighted by atomic mass is 9.65. The van der Waals surface area contributed by atoms with Crippen molar-refractivity contribution in [2.75, 3.05) is 10.2 Å². The van der Waals surface area contributed by atoms with Crippen molar-refractivity contribution >= 4 is 40.8 Å². The van der Waals surface area contributed by atoms with E-state index >= 15 is 0 Å². The number of carbonyl (C=O) groups is 1. The fraction of sp³-hybridized carbons (Fsp3) is 0.314. The molecule has 1 aliphatic rings. The van der Waals surface area contributed by atoms with Crippen LogP contribution in [0.5, 0.6) is 0 Å². The Kier molecular flexibility index (Phi) is 8.66. The Hall–Kier alpha value is -4.43. The van der Waals surface area contributed by atoms with Crippen molar-refractivity contribution < 1.29 is 4.79 Å². The number of aromatic nitrogens is 2. The molecule has 228 valence electrons. The summed E-state index contributed by atoms with van der Waals surface area (Å²) in [7, 11) is 0. The van der Waals surface area contributed by atoms with E-state index in [1.807, 2.05) is 77.7 Å². The van der Waals surface area contributed by atoms with Crippen LogP contribution in [-0.4, -0.2) is 27.4 Å². The number of rotatable bonds is 7. The Morgan fingerprint density at radius 1 is 1.07 bits per heavy atom. The molecule has 4 aromatic rings. The number of nitrogens with one attached hydrogen (secondary N) is 2. The third kappa shape index (κ3) is 6.55. The number of aromatic amines is 1. The largest absolute Gasteiger partial charge is 0.369 e. The number of guanidine groups is 1. The average molecular weight is 611 g/mol. The summed E-state index contributed by atoms with van der Waals surface area (Å²) in [6.07, 6.45) is 2.25. The first kappa shape index (κ1) is 31.0. The van der Waals surface area contributed by atoms with Gasteiger partial charge in [0, 0.05) is 44.7 Å². The maximum atomic E-state index is 14.0. The molecule has 1 amide bonds. The molecule has 3 aromatic carbocycles. The second kappa shape index (κ2) is 12.3. The molecule has 0 aliphatic carbocycles. The lowest BCUT2D eigenvalue weighted by molar-refractivity contribution is 0.0948. The summed E-state index contributed by atoms with van der Waals surface area (Å²) in [5.74, 6) is 0.647. The highest BCUT2D eigenvalue weighted by Crippen LogP contribution is 2.51. The van der Waals surface area contributed by atoms with Gasteiger partial charge in [-0.3, -0.25) is 14.6 Å². The second-order valence-corrected chi connectivity index (χ2v) is 13.1. The van der Waals surface area contributed by atoms with E-state index in [1.165, 1.54) is 6.07 Å². The van der Waals surface area contributed by atoms with Crippen molar-refractivity contribution in [3.05, 3.63) is 117 Å². The number of hydrogen-bond acceptors (Lipinski definition) is 4. The van der Waals surface area contributed by atoms with Gasteiger partial charge in [0.1, 0.15) is 0 Å². The Labute approximate surface area is 263 Å². The first-order chi connectivity index (χ1) is 20.9. The summed E-state index contributed by atoms with van der Waals surface area (Å²) in [4.78, 5) is 39.6. The Morgan fingerprint density at radius 3 is 2.45 bits per heavy atom. The third-order valence-electron chi connectivity index (χ3n) is 8.19. The van der Waals surface area contributed by atoms with Crippen LogP contribution in [-0.2, 0) is 11.8 Å². The number of halogens is 1. The zero-order valence-corrected chi connectivity index (χ0v) is 26.6. The zero-order chi connectivity index (χ0) is 31.6. The average Bonchev–Trinajstić information content (AvgIpc) is 2.96. The van der Waals surface area contributed by atoms with Crippen molar-refractivity contribution in [2.45, 2.75) is 64.8 Å². The first-order valence-electron chi connectivity index (χ1n) is 14.9. The molecular weight excluding hydrogens is 572 g/mol. The topological polar surface area (TPSA) is 116 Å².